The van der Waals surface area contributed by atoms with Crippen molar-refractivity contribution >= 4 is 28.8 Å². The Balaban J connectivity index is 1.22. The number of piperidine rings is 1. The third-order valence-electron chi connectivity index (χ3n) is 6.76. The number of rotatable bonds is 6. The molecule has 2 fully saturated rings. The zero-order valence-corrected chi connectivity index (χ0v) is 19.1. The summed E-state index contributed by atoms with van der Waals surface area (Å²) in [5, 5.41) is 5.25. The van der Waals surface area contributed by atoms with Crippen LogP contribution in [0.15, 0.2) is 35.7 Å². The number of thiophene rings is 1. The molecule has 32 heavy (non-hydrogen) atoms. The highest BCUT2D eigenvalue weighted by molar-refractivity contribution is 7.10. The van der Waals surface area contributed by atoms with Gasteiger partial charge in [0.1, 0.15) is 0 Å². The lowest BCUT2D eigenvalue weighted by molar-refractivity contribution is -0.126. The molecule has 1 aromatic heterocycles. The van der Waals surface area contributed by atoms with Crippen molar-refractivity contribution in [1.82, 2.24) is 10.2 Å². The van der Waals surface area contributed by atoms with E-state index in [0.717, 1.165) is 24.7 Å². The zero-order chi connectivity index (χ0) is 22.1. The van der Waals surface area contributed by atoms with Gasteiger partial charge in [-0.15, -0.1) is 11.3 Å². The molecule has 0 bridgehead atoms. The highest BCUT2D eigenvalue weighted by Crippen LogP contribution is 2.37. The van der Waals surface area contributed by atoms with Crippen molar-refractivity contribution in [3.63, 3.8) is 0 Å². The van der Waals surface area contributed by atoms with Gasteiger partial charge in [0.15, 0.2) is 11.5 Å². The lowest BCUT2D eigenvalue weighted by Crippen LogP contribution is -2.43. The summed E-state index contributed by atoms with van der Waals surface area (Å²) in [7, 11) is 0. The second-order valence-electron chi connectivity index (χ2n) is 8.94. The Bertz CT molecular complexity index is 972. The van der Waals surface area contributed by atoms with Crippen LogP contribution in [0.1, 0.15) is 37.1 Å². The van der Waals surface area contributed by atoms with Gasteiger partial charge in [0.05, 0.1) is 12.0 Å². The molecule has 0 saturated carbocycles. The van der Waals surface area contributed by atoms with E-state index < -0.39 is 0 Å². The van der Waals surface area contributed by atoms with E-state index in [1.54, 1.807) is 16.2 Å². The molecule has 1 aromatic carbocycles. The number of fused-ring (bicyclic) bond motifs is 1. The number of likely N-dealkylation sites (tertiary alicyclic amines) is 1. The number of hydrogen-bond donors (Lipinski definition) is 1. The van der Waals surface area contributed by atoms with Gasteiger partial charge in [-0.05, 0) is 55.4 Å². The first-order valence-electron chi connectivity index (χ1n) is 11.3. The van der Waals surface area contributed by atoms with Crippen LogP contribution in [0.5, 0.6) is 11.5 Å². The van der Waals surface area contributed by atoms with Crippen LogP contribution in [-0.2, 0) is 9.59 Å². The van der Waals surface area contributed by atoms with Gasteiger partial charge in [0, 0.05) is 36.1 Å². The van der Waals surface area contributed by atoms with Crippen molar-refractivity contribution in [3.05, 3.63) is 40.6 Å². The Morgan fingerprint density at radius 1 is 1.22 bits per heavy atom. The number of amides is 2. The summed E-state index contributed by atoms with van der Waals surface area (Å²) in [6.45, 7) is 5.57. The van der Waals surface area contributed by atoms with Gasteiger partial charge >= 0.3 is 0 Å². The number of carbonyl (C=O) groups excluding carboxylic acids is 2. The van der Waals surface area contributed by atoms with Crippen molar-refractivity contribution in [2.24, 2.45) is 11.8 Å². The minimum Gasteiger partial charge on any atom is -0.454 e. The van der Waals surface area contributed by atoms with E-state index >= 15 is 0 Å². The lowest BCUT2D eigenvalue weighted by atomic mass is 9.97. The number of benzene rings is 1. The summed E-state index contributed by atoms with van der Waals surface area (Å²) in [4.78, 5) is 31.1. The number of anilines is 1. The minimum absolute atomic E-state index is 0.0381. The number of nitrogens with one attached hydrogen (secondary N) is 1. The molecule has 5 rings (SSSR count). The molecule has 2 atom stereocenters. The molecule has 1 N–H and O–H groups in total. The topological polar surface area (TPSA) is 71.1 Å². The van der Waals surface area contributed by atoms with Gasteiger partial charge < -0.3 is 19.7 Å². The van der Waals surface area contributed by atoms with Crippen LogP contribution in [0.2, 0.25) is 0 Å². The van der Waals surface area contributed by atoms with E-state index in [4.69, 9.17) is 9.47 Å². The van der Waals surface area contributed by atoms with Crippen molar-refractivity contribution in [1.29, 1.82) is 0 Å². The monoisotopic (exact) mass is 455 g/mol. The molecule has 3 aliphatic rings. The Labute approximate surface area is 192 Å². The molecule has 0 radical (unpaired) electrons. The molecule has 2 aromatic rings. The quantitative estimate of drug-likeness (QED) is 0.723. The SMILES string of the molecule is CC1CCN([C@@H](CNC(=O)[C@H]2CC(=O)N(c3ccc4c(c3)OCO4)C2)c2cccs2)CC1. The first-order chi connectivity index (χ1) is 15.6. The number of ether oxygens (including phenoxy) is 2. The average molecular weight is 456 g/mol. The summed E-state index contributed by atoms with van der Waals surface area (Å²) < 4.78 is 10.8. The molecule has 2 saturated heterocycles. The fourth-order valence-electron chi connectivity index (χ4n) is 4.76. The van der Waals surface area contributed by atoms with Crippen molar-refractivity contribution in [2.45, 2.75) is 32.2 Å². The van der Waals surface area contributed by atoms with E-state index in [2.05, 4.69) is 34.7 Å². The van der Waals surface area contributed by atoms with Crippen molar-refractivity contribution < 1.29 is 19.1 Å². The maximum Gasteiger partial charge on any atom is 0.231 e. The first kappa shape index (κ1) is 21.3. The fraction of sp³-hybridized carbons (Fsp3) is 0.500. The van der Waals surface area contributed by atoms with Gasteiger partial charge in [0.25, 0.3) is 0 Å². The van der Waals surface area contributed by atoms with Crippen LogP contribution in [0, 0.1) is 11.8 Å². The van der Waals surface area contributed by atoms with Crippen LogP contribution < -0.4 is 19.7 Å². The third-order valence-corrected chi connectivity index (χ3v) is 7.74. The highest BCUT2D eigenvalue weighted by atomic mass is 32.1. The molecule has 0 spiro atoms. The first-order valence-corrected chi connectivity index (χ1v) is 12.2. The predicted molar refractivity (Wildman–Crippen MR) is 123 cm³/mol. The molecular formula is C24H29N3O4S. The van der Waals surface area contributed by atoms with E-state index in [1.807, 2.05) is 18.2 Å². The van der Waals surface area contributed by atoms with Gasteiger partial charge in [-0.3, -0.25) is 14.5 Å². The van der Waals surface area contributed by atoms with Gasteiger partial charge in [-0.1, -0.05) is 13.0 Å². The molecule has 2 amide bonds. The van der Waals surface area contributed by atoms with E-state index in [-0.39, 0.29) is 37.0 Å². The van der Waals surface area contributed by atoms with Gasteiger partial charge in [-0.25, -0.2) is 0 Å². The largest absolute Gasteiger partial charge is 0.454 e. The second kappa shape index (κ2) is 9.11. The summed E-state index contributed by atoms with van der Waals surface area (Å²) in [6, 6.07) is 9.87. The minimum atomic E-state index is -0.349. The Hall–Kier alpha value is -2.58. The Morgan fingerprint density at radius 2 is 2.03 bits per heavy atom. The van der Waals surface area contributed by atoms with Crippen LogP contribution in [0.3, 0.4) is 0 Å². The van der Waals surface area contributed by atoms with Crippen LogP contribution in [-0.4, -0.2) is 49.7 Å². The number of nitrogens with zero attached hydrogens (tertiary/aromatic N) is 2. The summed E-state index contributed by atoms with van der Waals surface area (Å²) >= 11 is 1.74. The van der Waals surface area contributed by atoms with Crippen molar-refractivity contribution in [3.8, 4) is 11.5 Å². The van der Waals surface area contributed by atoms with Crippen LogP contribution in [0.4, 0.5) is 5.69 Å². The Morgan fingerprint density at radius 3 is 2.81 bits per heavy atom. The molecule has 4 heterocycles. The highest BCUT2D eigenvalue weighted by Gasteiger charge is 2.36. The normalized spacial score (nSPS) is 22.3. The molecular weight excluding hydrogens is 426 g/mol. The number of hydrogen-bond acceptors (Lipinski definition) is 6. The molecule has 3 aliphatic heterocycles. The average Bonchev–Trinajstić information content (AvgIpc) is 3.55. The van der Waals surface area contributed by atoms with Gasteiger partial charge in [0.2, 0.25) is 18.6 Å². The standard InChI is InChI=1S/C24H29N3O4S/c1-16-6-8-26(9-7-16)19(22-3-2-10-32-22)13-25-24(29)17-11-23(28)27(14-17)18-4-5-20-21(12-18)31-15-30-20/h2-5,10,12,16-17,19H,6-9,11,13-15H2,1H3,(H,25,29)/t17-,19-/m0/s1. The summed E-state index contributed by atoms with van der Waals surface area (Å²) in [5.74, 6) is 1.64. The fourth-order valence-corrected chi connectivity index (χ4v) is 5.62. The molecule has 7 nitrogen and oxygen atoms in total. The lowest BCUT2D eigenvalue weighted by Gasteiger charge is -2.36. The number of carbonyl (C=O) groups is 2. The maximum atomic E-state index is 13.0. The van der Waals surface area contributed by atoms with E-state index in [9.17, 15) is 9.59 Å². The predicted octanol–water partition coefficient (Wildman–Crippen LogP) is 3.42. The molecule has 0 unspecified atom stereocenters. The third kappa shape index (κ3) is 4.34. The zero-order valence-electron chi connectivity index (χ0n) is 18.3. The second-order valence-corrected chi connectivity index (χ2v) is 9.92. The maximum absolute atomic E-state index is 13.0. The van der Waals surface area contributed by atoms with Crippen molar-refractivity contribution in [2.75, 3.05) is 37.9 Å². The van der Waals surface area contributed by atoms with E-state index in [1.165, 1.54) is 17.7 Å². The van der Waals surface area contributed by atoms with Crippen LogP contribution >= 0.6 is 11.3 Å². The Kier molecular flexibility index (Phi) is 6.06. The smallest absolute Gasteiger partial charge is 0.231 e. The van der Waals surface area contributed by atoms with E-state index in [0.29, 0.717) is 24.6 Å². The summed E-state index contributed by atoms with van der Waals surface area (Å²) in [5.41, 5.74) is 0.744. The molecule has 0 aliphatic carbocycles. The molecule has 170 valence electrons. The molecule has 8 heteroatoms. The van der Waals surface area contributed by atoms with Crippen LogP contribution in [0.25, 0.3) is 0 Å². The summed E-state index contributed by atoms with van der Waals surface area (Å²) in [6.07, 6.45) is 2.61. The van der Waals surface area contributed by atoms with Gasteiger partial charge in [-0.2, -0.15) is 0 Å².